The second kappa shape index (κ2) is 9.01. The van der Waals surface area contributed by atoms with Gasteiger partial charge in [0, 0.05) is 38.4 Å². The first-order valence-corrected chi connectivity index (χ1v) is 9.87. The topological polar surface area (TPSA) is 87.7 Å². The number of piperidine rings is 2. The van der Waals surface area contributed by atoms with Crippen LogP contribution in [0.5, 0.6) is 0 Å². The highest BCUT2D eigenvalue weighted by Crippen LogP contribution is 2.20. The lowest BCUT2D eigenvalue weighted by Gasteiger charge is -2.31. The second-order valence-electron chi connectivity index (χ2n) is 7.35. The van der Waals surface area contributed by atoms with Crippen molar-refractivity contribution in [3.8, 4) is 0 Å². The van der Waals surface area contributed by atoms with Crippen molar-refractivity contribution in [1.29, 1.82) is 0 Å². The molecule has 0 saturated carbocycles. The molecule has 3 rings (SSSR count). The van der Waals surface area contributed by atoms with Gasteiger partial charge in [0.05, 0.1) is 6.61 Å². The molecule has 8 heteroatoms. The van der Waals surface area contributed by atoms with Gasteiger partial charge in [-0.3, -0.25) is 4.79 Å². The third-order valence-corrected chi connectivity index (χ3v) is 5.30. The third-order valence-electron chi connectivity index (χ3n) is 5.30. The van der Waals surface area contributed by atoms with Gasteiger partial charge >= 0.3 is 6.09 Å². The Morgan fingerprint density at radius 1 is 1.19 bits per heavy atom. The minimum Gasteiger partial charge on any atom is -0.450 e. The van der Waals surface area contributed by atoms with Gasteiger partial charge in [0.2, 0.25) is 5.95 Å². The summed E-state index contributed by atoms with van der Waals surface area (Å²) in [6.45, 7) is 7.47. The lowest BCUT2D eigenvalue weighted by molar-refractivity contribution is 0.0856. The Balaban J connectivity index is 1.53. The predicted molar refractivity (Wildman–Crippen MR) is 102 cm³/mol. The maximum atomic E-state index is 12.6. The van der Waals surface area contributed by atoms with E-state index in [1.54, 1.807) is 24.1 Å². The monoisotopic (exact) mass is 375 g/mol. The zero-order valence-electron chi connectivity index (χ0n) is 16.2. The number of carbonyl (C=O) groups excluding carboxylic acids is 2. The number of rotatable bonds is 4. The average Bonchev–Trinajstić information content (AvgIpc) is 2.69. The van der Waals surface area contributed by atoms with E-state index in [1.807, 2.05) is 0 Å². The fourth-order valence-corrected chi connectivity index (χ4v) is 3.52. The van der Waals surface area contributed by atoms with Crippen LogP contribution in [0.1, 0.15) is 50.0 Å². The number of nitrogens with one attached hydrogen (secondary N) is 1. The SMILES string of the molecule is CCOC(=O)N1CCC(NC(=O)c2ccnc(N3CCC(C)CC3)n2)CC1. The van der Waals surface area contributed by atoms with E-state index in [9.17, 15) is 9.59 Å². The largest absolute Gasteiger partial charge is 0.450 e. The maximum Gasteiger partial charge on any atom is 0.409 e. The minimum absolute atomic E-state index is 0.0393. The minimum atomic E-state index is -0.279. The Morgan fingerprint density at radius 3 is 2.56 bits per heavy atom. The van der Waals surface area contributed by atoms with Crippen LogP contribution in [0.2, 0.25) is 0 Å². The Hall–Kier alpha value is -2.38. The van der Waals surface area contributed by atoms with E-state index in [2.05, 4.69) is 27.1 Å². The number of nitrogens with zero attached hydrogens (tertiary/aromatic N) is 4. The molecule has 1 aromatic heterocycles. The van der Waals surface area contributed by atoms with E-state index in [0.29, 0.717) is 44.2 Å². The molecule has 1 aromatic rings. The van der Waals surface area contributed by atoms with Crippen molar-refractivity contribution < 1.29 is 14.3 Å². The lowest BCUT2D eigenvalue weighted by atomic mass is 10.00. The molecule has 3 heterocycles. The van der Waals surface area contributed by atoms with E-state index < -0.39 is 0 Å². The summed E-state index contributed by atoms with van der Waals surface area (Å²) in [5, 5.41) is 3.04. The average molecular weight is 375 g/mol. The molecular weight excluding hydrogens is 346 g/mol. The van der Waals surface area contributed by atoms with Crippen molar-refractivity contribution in [3.63, 3.8) is 0 Å². The number of ether oxygens (including phenoxy) is 1. The molecule has 0 unspecified atom stereocenters. The molecule has 0 spiro atoms. The summed E-state index contributed by atoms with van der Waals surface area (Å²) >= 11 is 0. The van der Waals surface area contributed by atoms with Crippen molar-refractivity contribution in [2.75, 3.05) is 37.7 Å². The molecule has 2 amide bonds. The number of anilines is 1. The number of carbonyl (C=O) groups is 2. The van der Waals surface area contributed by atoms with E-state index in [0.717, 1.165) is 31.8 Å². The van der Waals surface area contributed by atoms with Crippen LogP contribution in [0.15, 0.2) is 12.3 Å². The quantitative estimate of drug-likeness (QED) is 0.867. The number of aromatic nitrogens is 2. The van der Waals surface area contributed by atoms with Crippen molar-refractivity contribution in [2.45, 2.75) is 45.6 Å². The molecule has 27 heavy (non-hydrogen) atoms. The number of hydrogen-bond donors (Lipinski definition) is 1. The first-order valence-electron chi connectivity index (χ1n) is 9.87. The Labute approximate surface area is 160 Å². The van der Waals surface area contributed by atoms with Crippen LogP contribution in [0.25, 0.3) is 0 Å². The molecule has 148 valence electrons. The molecule has 0 aromatic carbocycles. The molecule has 0 aliphatic carbocycles. The molecule has 8 nitrogen and oxygen atoms in total. The molecule has 0 bridgehead atoms. The van der Waals surface area contributed by atoms with E-state index in [1.165, 1.54) is 0 Å². The van der Waals surface area contributed by atoms with Crippen LogP contribution in [-0.2, 0) is 4.74 Å². The number of amides is 2. The highest BCUT2D eigenvalue weighted by molar-refractivity contribution is 5.92. The summed E-state index contributed by atoms with van der Waals surface area (Å²) in [7, 11) is 0. The van der Waals surface area contributed by atoms with Crippen LogP contribution < -0.4 is 10.2 Å². The van der Waals surface area contributed by atoms with Crippen molar-refractivity contribution in [3.05, 3.63) is 18.0 Å². The summed E-state index contributed by atoms with van der Waals surface area (Å²) < 4.78 is 5.02. The highest BCUT2D eigenvalue weighted by atomic mass is 16.6. The van der Waals surface area contributed by atoms with Gasteiger partial charge in [-0.2, -0.15) is 0 Å². The molecule has 2 saturated heterocycles. The molecule has 0 radical (unpaired) electrons. The van der Waals surface area contributed by atoms with Gasteiger partial charge in [0.25, 0.3) is 5.91 Å². The number of likely N-dealkylation sites (tertiary alicyclic amines) is 1. The zero-order chi connectivity index (χ0) is 19.2. The Morgan fingerprint density at radius 2 is 1.89 bits per heavy atom. The van der Waals surface area contributed by atoms with Crippen LogP contribution in [-0.4, -0.2) is 65.7 Å². The van der Waals surface area contributed by atoms with Gasteiger partial charge in [-0.15, -0.1) is 0 Å². The van der Waals surface area contributed by atoms with Gasteiger partial charge in [-0.1, -0.05) is 6.92 Å². The van der Waals surface area contributed by atoms with Gasteiger partial charge < -0.3 is 19.9 Å². The Kier molecular flexibility index (Phi) is 6.47. The Bertz CT molecular complexity index is 653. The normalized spacial score (nSPS) is 19.0. The second-order valence-corrected chi connectivity index (χ2v) is 7.35. The van der Waals surface area contributed by atoms with Crippen molar-refractivity contribution >= 4 is 17.9 Å². The summed E-state index contributed by atoms with van der Waals surface area (Å²) in [6.07, 6.45) is 5.05. The van der Waals surface area contributed by atoms with E-state index in [-0.39, 0.29) is 18.0 Å². The molecule has 2 aliphatic rings. The van der Waals surface area contributed by atoms with Gasteiger partial charge in [0.15, 0.2) is 0 Å². The van der Waals surface area contributed by atoms with Crippen LogP contribution in [0.4, 0.5) is 10.7 Å². The molecule has 0 atom stereocenters. The van der Waals surface area contributed by atoms with Crippen molar-refractivity contribution in [2.24, 2.45) is 5.92 Å². The maximum absolute atomic E-state index is 12.6. The highest BCUT2D eigenvalue weighted by Gasteiger charge is 2.25. The predicted octanol–water partition coefficient (Wildman–Crippen LogP) is 2.06. The summed E-state index contributed by atoms with van der Waals surface area (Å²) in [4.78, 5) is 37.0. The third kappa shape index (κ3) is 5.08. The zero-order valence-corrected chi connectivity index (χ0v) is 16.2. The molecular formula is C19H29N5O3. The van der Waals surface area contributed by atoms with Gasteiger partial charge in [-0.05, 0) is 44.6 Å². The van der Waals surface area contributed by atoms with Gasteiger partial charge in [0.1, 0.15) is 5.69 Å². The first-order chi connectivity index (χ1) is 13.1. The molecule has 2 fully saturated rings. The smallest absolute Gasteiger partial charge is 0.409 e. The summed E-state index contributed by atoms with van der Waals surface area (Å²) in [6, 6.07) is 1.69. The van der Waals surface area contributed by atoms with Crippen LogP contribution in [0.3, 0.4) is 0 Å². The molecule has 1 N–H and O–H groups in total. The summed E-state index contributed by atoms with van der Waals surface area (Å²) in [5.74, 6) is 1.18. The first kappa shape index (κ1) is 19.4. The standard InChI is InChI=1S/C19H29N5O3/c1-3-27-19(26)24-12-7-15(8-13-24)21-17(25)16-4-9-20-18(22-16)23-10-5-14(2)6-11-23/h4,9,14-15H,3,5-8,10-13H2,1-2H3,(H,21,25). The van der Waals surface area contributed by atoms with Gasteiger partial charge in [-0.25, -0.2) is 14.8 Å². The molecule has 2 aliphatic heterocycles. The van der Waals surface area contributed by atoms with Crippen molar-refractivity contribution in [1.82, 2.24) is 20.2 Å². The summed E-state index contributed by atoms with van der Waals surface area (Å²) in [5.41, 5.74) is 0.395. The fraction of sp³-hybridized carbons (Fsp3) is 0.684. The van der Waals surface area contributed by atoms with Crippen LogP contribution >= 0.6 is 0 Å². The lowest BCUT2D eigenvalue weighted by Crippen LogP contribution is -2.46. The fourth-order valence-electron chi connectivity index (χ4n) is 3.52. The van der Waals surface area contributed by atoms with Crippen LogP contribution in [0, 0.1) is 5.92 Å². The van der Waals surface area contributed by atoms with E-state index >= 15 is 0 Å². The van der Waals surface area contributed by atoms with E-state index in [4.69, 9.17) is 4.74 Å². The number of hydrogen-bond acceptors (Lipinski definition) is 6.